The fourth-order valence-electron chi connectivity index (χ4n) is 5.27. The van der Waals surface area contributed by atoms with Crippen LogP contribution in [-0.2, 0) is 17.4 Å². The quantitative estimate of drug-likeness (QED) is 0.280. The fraction of sp³-hybridized carbons (Fsp3) is 0.324. The summed E-state index contributed by atoms with van der Waals surface area (Å²) in [5, 5.41) is 11.9. The van der Waals surface area contributed by atoms with E-state index in [-0.39, 0.29) is 29.0 Å². The Kier molecular flexibility index (Phi) is 6.37. The monoisotopic (exact) mass is 521 g/mol. The van der Waals surface area contributed by atoms with Crippen molar-refractivity contribution in [2.24, 2.45) is 0 Å². The Balaban J connectivity index is 1.51. The molecule has 0 saturated carbocycles. The number of carbonyl (C=O) groups excluding carboxylic acids is 2. The number of hydrogen-bond donors (Lipinski definition) is 1. The molecule has 5 rings (SSSR count). The van der Waals surface area contributed by atoms with E-state index in [1.54, 1.807) is 18.2 Å². The van der Waals surface area contributed by atoms with Crippen molar-refractivity contribution in [3.63, 3.8) is 0 Å². The minimum absolute atomic E-state index is 0.211. The van der Waals surface area contributed by atoms with Crippen LogP contribution in [0.1, 0.15) is 96.1 Å². The molecule has 0 fully saturated rings. The molecule has 0 saturated heterocycles. The number of nitrogens with zero attached hydrogens (tertiary/aromatic N) is 1. The molecule has 5 nitrogen and oxygen atoms in total. The van der Waals surface area contributed by atoms with Crippen LogP contribution in [0.25, 0.3) is 10.9 Å². The van der Waals surface area contributed by atoms with Crippen molar-refractivity contribution in [3.8, 4) is 11.5 Å². The lowest BCUT2D eigenvalue weighted by Crippen LogP contribution is -2.18. The van der Waals surface area contributed by atoms with Gasteiger partial charge in [0.05, 0.1) is 5.69 Å². The first-order valence-corrected chi connectivity index (χ1v) is 13.3. The van der Waals surface area contributed by atoms with Gasteiger partial charge in [-0.15, -0.1) is 0 Å². The van der Waals surface area contributed by atoms with Gasteiger partial charge >= 0.3 is 0 Å². The maximum atomic E-state index is 13.2. The molecule has 5 heteroatoms. The smallest absolute Gasteiger partial charge is 0.180 e. The molecule has 1 aliphatic carbocycles. The normalized spacial score (nSPS) is 15.6. The molecule has 1 unspecified atom stereocenters. The maximum absolute atomic E-state index is 13.2. The molecule has 39 heavy (non-hydrogen) atoms. The molecule has 0 bridgehead atoms. The van der Waals surface area contributed by atoms with Gasteiger partial charge in [0.1, 0.15) is 29.5 Å². The summed E-state index contributed by atoms with van der Waals surface area (Å²) in [6.07, 6.45) is 0. The molecule has 200 valence electrons. The largest absolute Gasteiger partial charge is 0.507 e. The topological polar surface area (TPSA) is 76.5 Å². The predicted molar refractivity (Wildman–Crippen MR) is 154 cm³/mol. The van der Waals surface area contributed by atoms with E-state index in [0.29, 0.717) is 33.8 Å². The molecule has 0 aliphatic heterocycles. The number of benzene rings is 3. The molecule has 0 radical (unpaired) electrons. The number of carbonyl (C=O) groups is 2. The van der Waals surface area contributed by atoms with Crippen LogP contribution in [-0.4, -0.2) is 21.7 Å². The van der Waals surface area contributed by atoms with Crippen molar-refractivity contribution in [2.75, 3.05) is 0 Å². The van der Waals surface area contributed by atoms with E-state index in [9.17, 15) is 14.7 Å². The van der Waals surface area contributed by atoms with E-state index >= 15 is 0 Å². The highest BCUT2D eigenvalue weighted by atomic mass is 16.5. The van der Waals surface area contributed by atoms with Crippen LogP contribution in [0.4, 0.5) is 0 Å². The van der Waals surface area contributed by atoms with E-state index in [1.807, 2.05) is 49.4 Å². The molecule has 1 heterocycles. The van der Waals surface area contributed by atoms with E-state index in [1.165, 1.54) is 0 Å². The van der Waals surface area contributed by atoms with Crippen LogP contribution in [0.2, 0.25) is 0 Å². The fourth-order valence-corrected chi connectivity index (χ4v) is 5.27. The number of para-hydroxylation sites is 1. The van der Waals surface area contributed by atoms with Crippen molar-refractivity contribution < 1.29 is 19.4 Å². The number of aromatic nitrogens is 1. The first kappa shape index (κ1) is 26.6. The Morgan fingerprint density at radius 3 is 2.10 bits per heavy atom. The summed E-state index contributed by atoms with van der Waals surface area (Å²) < 4.78 is 6.32. The van der Waals surface area contributed by atoms with Gasteiger partial charge in [-0.05, 0) is 64.8 Å². The third kappa shape index (κ3) is 4.82. The Morgan fingerprint density at radius 1 is 0.821 bits per heavy atom. The molecule has 1 N–H and O–H groups in total. The van der Waals surface area contributed by atoms with Crippen LogP contribution in [0.15, 0.2) is 60.7 Å². The third-order valence-electron chi connectivity index (χ3n) is 7.41. The van der Waals surface area contributed by atoms with E-state index in [2.05, 4.69) is 41.5 Å². The summed E-state index contributed by atoms with van der Waals surface area (Å²) in [7, 11) is 0. The summed E-state index contributed by atoms with van der Waals surface area (Å²) in [4.78, 5) is 31.2. The van der Waals surface area contributed by atoms with Gasteiger partial charge < -0.3 is 9.84 Å². The number of phenolic OH excluding ortho intramolecular Hbond substituents is 1. The highest BCUT2D eigenvalue weighted by Crippen LogP contribution is 2.40. The second-order valence-corrected chi connectivity index (χ2v) is 12.6. The minimum Gasteiger partial charge on any atom is -0.507 e. The highest BCUT2D eigenvalue weighted by molar-refractivity contribution is 6.29. The average Bonchev–Trinajstić information content (AvgIpc) is 3.10. The van der Waals surface area contributed by atoms with Gasteiger partial charge in [-0.3, -0.25) is 9.59 Å². The number of aryl methyl sites for hydroxylation is 1. The molecule has 1 atom stereocenters. The lowest BCUT2D eigenvalue weighted by Gasteiger charge is -2.28. The van der Waals surface area contributed by atoms with Crippen molar-refractivity contribution in [2.45, 2.75) is 71.8 Å². The number of Topliss-reactive ketones (excluding diaryl/α,β-unsaturated/α-hetero) is 2. The van der Waals surface area contributed by atoms with Crippen molar-refractivity contribution in [1.82, 2.24) is 4.98 Å². The lowest BCUT2D eigenvalue weighted by atomic mass is 9.78. The number of ether oxygens (including phenoxy) is 1. The molecule has 0 amide bonds. The Morgan fingerprint density at radius 2 is 1.46 bits per heavy atom. The predicted octanol–water partition coefficient (Wildman–Crippen LogP) is 7.59. The third-order valence-corrected chi connectivity index (χ3v) is 7.41. The van der Waals surface area contributed by atoms with Crippen molar-refractivity contribution in [3.05, 3.63) is 99.7 Å². The molecular formula is C34H35NO4. The Bertz CT molecular complexity index is 1600. The maximum Gasteiger partial charge on any atom is 0.180 e. The number of rotatable bonds is 4. The van der Waals surface area contributed by atoms with E-state index in [0.717, 1.165) is 27.6 Å². The van der Waals surface area contributed by atoms with Crippen molar-refractivity contribution in [1.29, 1.82) is 0 Å². The zero-order valence-electron chi connectivity index (χ0n) is 23.7. The summed E-state index contributed by atoms with van der Waals surface area (Å²) >= 11 is 0. The Hall–Kier alpha value is -3.99. The number of fused-ring (bicyclic) bond motifs is 2. The van der Waals surface area contributed by atoms with Crippen LogP contribution >= 0.6 is 0 Å². The first-order valence-electron chi connectivity index (χ1n) is 13.3. The zero-order valence-corrected chi connectivity index (χ0v) is 23.7. The first-order chi connectivity index (χ1) is 18.3. The van der Waals surface area contributed by atoms with Gasteiger partial charge in [0.2, 0.25) is 0 Å². The van der Waals surface area contributed by atoms with E-state index in [4.69, 9.17) is 9.72 Å². The SMILES string of the molecule is Cc1ccc2c(c1)C(=O)C(c1ccc3cccc(OCc4cc(C(C)(C)C)c(O)c(C(C)(C)C)c4)c3n1)C2=O. The second-order valence-electron chi connectivity index (χ2n) is 12.6. The molecule has 0 spiro atoms. The standard InChI is InChI=1S/C34H35NO4/c1-19-11-13-22-23(15-19)31(37)28(30(22)36)26-14-12-21-9-8-10-27(29(21)35-26)39-18-20-16-24(33(2,3)4)32(38)25(17-20)34(5,6)7/h8-17,28,38H,18H2,1-7H3. The van der Waals surface area contributed by atoms with Gasteiger partial charge in [-0.1, -0.05) is 77.4 Å². The molecule has 4 aromatic rings. The van der Waals surface area contributed by atoms with Crippen LogP contribution in [0.5, 0.6) is 11.5 Å². The summed E-state index contributed by atoms with van der Waals surface area (Å²) in [6, 6.07) is 18.7. The highest BCUT2D eigenvalue weighted by Gasteiger charge is 2.40. The van der Waals surface area contributed by atoms with Crippen LogP contribution in [0.3, 0.4) is 0 Å². The Labute approximate surface area is 229 Å². The van der Waals surface area contributed by atoms with Crippen LogP contribution in [0, 0.1) is 6.92 Å². The zero-order chi connectivity index (χ0) is 28.3. The minimum atomic E-state index is -0.944. The van der Waals surface area contributed by atoms with Gasteiger partial charge in [0.15, 0.2) is 11.6 Å². The summed E-state index contributed by atoms with van der Waals surface area (Å²) in [5.41, 5.74) is 5.11. The second kappa shape index (κ2) is 9.33. The molecular weight excluding hydrogens is 486 g/mol. The van der Waals surface area contributed by atoms with Crippen LogP contribution < -0.4 is 4.74 Å². The van der Waals surface area contributed by atoms with E-state index < -0.39 is 5.92 Å². The summed E-state index contributed by atoms with van der Waals surface area (Å²) in [5.74, 6) is -0.466. The number of pyridine rings is 1. The number of aromatic hydroxyl groups is 1. The van der Waals surface area contributed by atoms with Gasteiger partial charge in [-0.2, -0.15) is 0 Å². The molecule has 1 aliphatic rings. The van der Waals surface area contributed by atoms with Gasteiger partial charge in [-0.25, -0.2) is 4.98 Å². The number of hydrogen-bond acceptors (Lipinski definition) is 5. The van der Waals surface area contributed by atoms with Gasteiger partial charge in [0, 0.05) is 16.5 Å². The molecule has 3 aromatic carbocycles. The summed E-state index contributed by atoms with van der Waals surface area (Å²) in [6.45, 7) is 14.7. The average molecular weight is 522 g/mol. The van der Waals surface area contributed by atoms with Gasteiger partial charge in [0.25, 0.3) is 0 Å². The van der Waals surface area contributed by atoms with Crippen molar-refractivity contribution >= 4 is 22.5 Å². The number of ketones is 2. The number of phenols is 1. The lowest BCUT2D eigenvalue weighted by molar-refractivity contribution is 0.0888. The molecule has 1 aromatic heterocycles.